The standard InChI is InChI=1S/C16H18N2O/c1-12(14-7-4-5-10-17-14)18-15-9-11-19-16-8-3-2-6-13(15)16/h2-8,10,12,15,18H,9,11H2,1H3/t12-,15?/m0/s1. The molecule has 98 valence electrons. The van der Waals surface area contributed by atoms with Crippen molar-refractivity contribution in [2.45, 2.75) is 25.4 Å². The molecule has 2 atom stereocenters. The van der Waals surface area contributed by atoms with Gasteiger partial charge in [-0.3, -0.25) is 4.98 Å². The highest BCUT2D eigenvalue weighted by atomic mass is 16.5. The fraction of sp³-hybridized carbons (Fsp3) is 0.312. The van der Waals surface area contributed by atoms with Crippen molar-refractivity contribution in [3.05, 3.63) is 59.9 Å². The summed E-state index contributed by atoms with van der Waals surface area (Å²) in [4.78, 5) is 4.41. The largest absolute Gasteiger partial charge is 0.493 e. The lowest BCUT2D eigenvalue weighted by Crippen LogP contribution is -2.29. The van der Waals surface area contributed by atoms with Crippen LogP contribution in [-0.4, -0.2) is 11.6 Å². The SMILES string of the molecule is C[C@H](NC1CCOc2ccccc21)c1ccccn1. The summed E-state index contributed by atoms with van der Waals surface area (Å²) in [7, 11) is 0. The van der Waals surface area contributed by atoms with Gasteiger partial charge in [0.15, 0.2) is 0 Å². The van der Waals surface area contributed by atoms with E-state index in [9.17, 15) is 0 Å². The van der Waals surface area contributed by atoms with Crippen molar-refractivity contribution in [3.63, 3.8) is 0 Å². The molecule has 3 nitrogen and oxygen atoms in total. The molecule has 1 aliphatic heterocycles. The van der Waals surface area contributed by atoms with Crippen LogP contribution in [0.4, 0.5) is 0 Å². The third-order valence-corrected chi connectivity index (χ3v) is 3.54. The molecule has 3 heteroatoms. The molecule has 0 fully saturated rings. The minimum atomic E-state index is 0.234. The molecule has 0 aliphatic carbocycles. The van der Waals surface area contributed by atoms with E-state index in [1.165, 1.54) is 5.56 Å². The second kappa shape index (κ2) is 5.41. The van der Waals surface area contributed by atoms with Crippen LogP contribution in [0, 0.1) is 0 Å². The van der Waals surface area contributed by atoms with Gasteiger partial charge in [-0.1, -0.05) is 24.3 Å². The van der Waals surface area contributed by atoms with E-state index in [1.807, 2.05) is 30.5 Å². The van der Waals surface area contributed by atoms with Crippen LogP contribution in [0.2, 0.25) is 0 Å². The summed E-state index contributed by atoms with van der Waals surface area (Å²) in [5.41, 5.74) is 2.32. The fourth-order valence-corrected chi connectivity index (χ4v) is 2.53. The summed E-state index contributed by atoms with van der Waals surface area (Å²) in [5.74, 6) is 1.000. The molecule has 0 spiro atoms. The number of fused-ring (bicyclic) bond motifs is 1. The quantitative estimate of drug-likeness (QED) is 0.913. The van der Waals surface area contributed by atoms with Crippen molar-refractivity contribution in [2.75, 3.05) is 6.61 Å². The fourth-order valence-electron chi connectivity index (χ4n) is 2.53. The highest BCUT2D eigenvalue weighted by Gasteiger charge is 2.22. The van der Waals surface area contributed by atoms with Crippen LogP contribution >= 0.6 is 0 Å². The number of hydrogen-bond donors (Lipinski definition) is 1. The summed E-state index contributed by atoms with van der Waals surface area (Å²) in [6, 6.07) is 14.9. The van der Waals surface area contributed by atoms with E-state index >= 15 is 0 Å². The van der Waals surface area contributed by atoms with Crippen LogP contribution < -0.4 is 10.1 Å². The number of nitrogens with zero attached hydrogens (tertiary/aromatic N) is 1. The highest BCUT2D eigenvalue weighted by molar-refractivity contribution is 5.37. The molecule has 1 unspecified atom stereocenters. The second-order valence-corrected chi connectivity index (χ2v) is 4.87. The molecule has 0 radical (unpaired) electrons. The number of benzene rings is 1. The monoisotopic (exact) mass is 254 g/mol. The molecular weight excluding hydrogens is 236 g/mol. The van der Waals surface area contributed by atoms with E-state index in [4.69, 9.17) is 4.74 Å². The average molecular weight is 254 g/mol. The minimum absolute atomic E-state index is 0.234. The number of aromatic nitrogens is 1. The van der Waals surface area contributed by atoms with E-state index in [0.717, 1.165) is 24.5 Å². The first kappa shape index (κ1) is 12.2. The van der Waals surface area contributed by atoms with Crippen molar-refractivity contribution >= 4 is 0 Å². The Morgan fingerprint density at radius 1 is 1.21 bits per heavy atom. The number of hydrogen-bond acceptors (Lipinski definition) is 3. The molecule has 0 amide bonds. The van der Waals surface area contributed by atoms with Gasteiger partial charge in [-0.25, -0.2) is 0 Å². The average Bonchev–Trinajstić information content (AvgIpc) is 2.48. The molecule has 1 aromatic carbocycles. The summed E-state index contributed by atoms with van der Waals surface area (Å²) in [6.07, 6.45) is 2.83. The molecule has 2 aromatic rings. The van der Waals surface area contributed by atoms with Gasteiger partial charge in [0.1, 0.15) is 5.75 Å². The summed E-state index contributed by atoms with van der Waals surface area (Å²) in [6.45, 7) is 2.92. The lowest BCUT2D eigenvalue weighted by Gasteiger charge is -2.29. The van der Waals surface area contributed by atoms with Gasteiger partial charge in [0.25, 0.3) is 0 Å². The van der Waals surface area contributed by atoms with Gasteiger partial charge in [-0.05, 0) is 25.1 Å². The smallest absolute Gasteiger partial charge is 0.124 e. The van der Waals surface area contributed by atoms with E-state index in [-0.39, 0.29) is 6.04 Å². The number of rotatable bonds is 3. The molecule has 1 N–H and O–H groups in total. The number of nitrogens with one attached hydrogen (secondary N) is 1. The number of pyridine rings is 1. The summed E-state index contributed by atoms with van der Waals surface area (Å²) in [5, 5.41) is 3.65. The van der Waals surface area contributed by atoms with Crippen LogP contribution in [-0.2, 0) is 0 Å². The Balaban J connectivity index is 1.78. The molecule has 1 aromatic heterocycles. The van der Waals surface area contributed by atoms with Gasteiger partial charge in [0.2, 0.25) is 0 Å². The summed E-state index contributed by atoms with van der Waals surface area (Å²) >= 11 is 0. The van der Waals surface area contributed by atoms with Crippen LogP contribution in [0.3, 0.4) is 0 Å². The highest BCUT2D eigenvalue weighted by Crippen LogP contribution is 2.32. The Morgan fingerprint density at radius 3 is 2.89 bits per heavy atom. The maximum absolute atomic E-state index is 5.69. The van der Waals surface area contributed by atoms with E-state index in [2.05, 4.69) is 35.4 Å². The van der Waals surface area contributed by atoms with Crippen LogP contribution in [0.15, 0.2) is 48.7 Å². The minimum Gasteiger partial charge on any atom is -0.493 e. The predicted octanol–water partition coefficient (Wildman–Crippen LogP) is 3.26. The zero-order valence-corrected chi connectivity index (χ0v) is 11.0. The Hall–Kier alpha value is -1.87. The lowest BCUT2D eigenvalue weighted by molar-refractivity contribution is 0.245. The van der Waals surface area contributed by atoms with Crippen molar-refractivity contribution in [2.24, 2.45) is 0 Å². The molecule has 0 saturated carbocycles. The Labute approximate surface area is 113 Å². The van der Waals surface area contributed by atoms with Crippen molar-refractivity contribution in [3.8, 4) is 5.75 Å². The van der Waals surface area contributed by atoms with Gasteiger partial charge in [0, 0.05) is 30.3 Å². The normalized spacial score (nSPS) is 19.3. The maximum Gasteiger partial charge on any atom is 0.124 e. The van der Waals surface area contributed by atoms with Crippen molar-refractivity contribution < 1.29 is 4.74 Å². The Morgan fingerprint density at radius 2 is 2.05 bits per heavy atom. The van der Waals surface area contributed by atoms with Gasteiger partial charge in [-0.2, -0.15) is 0 Å². The van der Waals surface area contributed by atoms with E-state index < -0.39 is 0 Å². The first-order chi connectivity index (χ1) is 9.34. The molecule has 2 heterocycles. The number of ether oxygens (including phenoxy) is 1. The zero-order valence-electron chi connectivity index (χ0n) is 11.0. The molecule has 3 rings (SSSR count). The van der Waals surface area contributed by atoms with Gasteiger partial charge in [-0.15, -0.1) is 0 Å². The van der Waals surface area contributed by atoms with Crippen LogP contribution in [0.1, 0.15) is 36.7 Å². The van der Waals surface area contributed by atoms with Crippen molar-refractivity contribution in [1.29, 1.82) is 0 Å². The van der Waals surface area contributed by atoms with Gasteiger partial charge < -0.3 is 10.1 Å². The van der Waals surface area contributed by atoms with Crippen LogP contribution in [0.25, 0.3) is 0 Å². The third-order valence-electron chi connectivity index (χ3n) is 3.54. The van der Waals surface area contributed by atoms with Crippen LogP contribution in [0.5, 0.6) is 5.75 Å². The third kappa shape index (κ3) is 2.61. The van der Waals surface area contributed by atoms with E-state index in [0.29, 0.717) is 6.04 Å². The predicted molar refractivity (Wildman–Crippen MR) is 75.1 cm³/mol. The Bertz CT molecular complexity index is 541. The Kier molecular flexibility index (Phi) is 3.47. The molecule has 19 heavy (non-hydrogen) atoms. The first-order valence-electron chi connectivity index (χ1n) is 6.73. The lowest BCUT2D eigenvalue weighted by atomic mass is 9.99. The maximum atomic E-state index is 5.69. The van der Waals surface area contributed by atoms with Gasteiger partial charge in [0.05, 0.1) is 12.3 Å². The first-order valence-corrected chi connectivity index (χ1v) is 6.73. The van der Waals surface area contributed by atoms with Crippen molar-refractivity contribution in [1.82, 2.24) is 10.3 Å². The topological polar surface area (TPSA) is 34.1 Å². The molecule has 0 bridgehead atoms. The zero-order chi connectivity index (χ0) is 13.1. The summed E-state index contributed by atoms with van der Waals surface area (Å²) < 4.78 is 5.69. The second-order valence-electron chi connectivity index (χ2n) is 4.87. The number of para-hydroxylation sites is 1. The molecule has 0 saturated heterocycles. The van der Waals surface area contributed by atoms with Gasteiger partial charge >= 0.3 is 0 Å². The molecular formula is C16H18N2O. The molecule has 1 aliphatic rings. The van der Waals surface area contributed by atoms with E-state index in [1.54, 1.807) is 0 Å².